The number of H-pyrrole nitrogens is 1. The lowest BCUT2D eigenvalue weighted by Gasteiger charge is -2.28. The SMILES string of the molecule is CN([C@H]1CCC[C@@H]1OCc1ccccc1)S(=O)(=O)c1cnc(CN=C(N)N)[nH]1. The minimum atomic E-state index is -3.73. The van der Waals surface area contributed by atoms with Crippen LogP contribution in [-0.2, 0) is 27.9 Å². The molecular weight excluding hydrogens is 380 g/mol. The molecule has 1 aromatic heterocycles. The zero-order valence-electron chi connectivity index (χ0n) is 15.8. The van der Waals surface area contributed by atoms with Crippen molar-refractivity contribution in [3.8, 4) is 0 Å². The minimum Gasteiger partial charge on any atom is -0.372 e. The van der Waals surface area contributed by atoms with E-state index in [2.05, 4.69) is 15.0 Å². The maximum atomic E-state index is 13.0. The van der Waals surface area contributed by atoms with Crippen molar-refractivity contribution < 1.29 is 13.2 Å². The second-order valence-corrected chi connectivity index (χ2v) is 8.76. The molecule has 0 aliphatic heterocycles. The van der Waals surface area contributed by atoms with Crippen LogP contribution in [0.4, 0.5) is 0 Å². The van der Waals surface area contributed by atoms with Crippen LogP contribution in [0.25, 0.3) is 0 Å². The summed E-state index contributed by atoms with van der Waals surface area (Å²) < 4.78 is 33.4. The number of ether oxygens (including phenoxy) is 1. The normalized spacial score (nSPS) is 19.8. The molecule has 1 fully saturated rings. The Balaban J connectivity index is 1.68. The quantitative estimate of drug-likeness (QED) is 0.440. The average molecular weight is 407 g/mol. The lowest BCUT2D eigenvalue weighted by molar-refractivity contribution is 0.0147. The van der Waals surface area contributed by atoms with E-state index in [9.17, 15) is 8.42 Å². The van der Waals surface area contributed by atoms with Crippen molar-refractivity contribution in [2.45, 2.75) is 49.6 Å². The Morgan fingerprint density at radius 2 is 2.07 bits per heavy atom. The molecule has 152 valence electrons. The second kappa shape index (κ2) is 8.72. The summed E-state index contributed by atoms with van der Waals surface area (Å²) in [5.41, 5.74) is 11.7. The third-order valence-electron chi connectivity index (χ3n) is 4.87. The van der Waals surface area contributed by atoms with Gasteiger partial charge in [0.1, 0.15) is 12.4 Å². The third kappa shape index (κ3) is 4.70. The smallest absolute Gasteiger partial charge is 0.260 e. The van der Waals surface area contributed by atoms with Crippen molar-refractivity contribution in [1.29, 1.82) is 0 Å². The summed E-state index contributed by atoms with van der Waals surface area (Å²) in [7, 11) is -2.15. The number of nitrogens with two attached hydrogens (primary N) is 2. The maximum absolute atomic E-state index is 13.0. The van der Waals surface area contributed by atoms with E-state index in [1.165, 1.54) is 10.5 Å². The van der Waals surface area contributed by atoms with Crippen molar-refractivity contribution in [1.82, 2.24) is 14.3 Å². The Kier molecular flexibility index (Phi) is 6.32. The number of imidazole rings is 1. The fourth-order valence-electron chi connectivity index (χ4n) is 3.35. The number of nitrogens with zero attached hydrogens (tertiary/aromatic N) is 3. The van der Waals surface area contributed by atoms with E-state index in [0.717, 1.165) is 24.8 Å². The Morgan fingerprint density at radius 3 is 2.79 bits per heavy atom. The molecule has 2 atom stereocenters. The minimum absolute atomic E-state index is 0.0181. The first kappa shape index (κ1) is 20.3. The molecule has 1 aliphatic rings. The summed E-state index contributed by atoms with van der Waals surface area (Å²) in [5, 5.41) is 0.0181. The van der Waals surface area contributed by atoms with Gasteiger partial charge in [-0.3, -0.25) is 0 Å². The lowest BCUT2D eigenvalue weighted by Crippen LogP contribution is -2.42. The summed E-state index contributed by atoms with van der Waals surface area (Å²) >= 11 is 0. The van der Waals surface area contributed by atoms with Crippen molar-refractivity contribution in [2.75, 3.05) is 7.05 Å². The topological polar surface area (TPSA) is 140 Å². The van der Waals surface area contributed by atoms with E-state index >= 15 is 0 Å². The van der Waals surface area contributed by atoms with Gasteiger partial charge in [0.2, 0.25) is 0 Å². The number of aromatic amines is 1. The molecule has 0 bridgehead atoms. The Morgan fingerprint density at radius 1 is 1.32 bits per heavy atom. The second-order valence-electron chi connectivity index (χ2n) is 6.79. The standard InChI is InChI=1S/C18H26N6O3S/c1-24(28(25,26)17-11-21-16(23-17)10-22-18(19)20)14-8-5-9-15(14)27-12-13-6-3-2-4-7-13/h2-4,6-7,11,14-15H,5,8-10,12H2,1H3,(H,21,23)(H4,19,20,22)/t14-,15-/m0/s1. The number of sulfonamides is 1. The molecule has 10 heteroatoms. The number of guanidine groups is 1. The number of hydrogen-bond donors (Lipinski definition) is 3. The van der Waals surface area contributed by atoms with Crippen LogP contribution in [0.3, 0.4) is 0 Å². The van der Waals surface area contributed by atoms with Gasteiger partial charge in [-0.25, -0.2) is 18.4 Å². The Bertz CT molecular complexity index is 908. The summed E-state index contributed by atoms with van der Waals surface area (Å²) in [6.45, 7) is 0.552. The molecule has 0 amide bonds. The monoisotopic (exact) mass is 406 g/mol. The molecule has 3 rings (SSSR count). The summed E-state index contributed by atoms with van der Waals surface area (Å²) in [6.07, 6.45) is 3.64. The van der Waals surface area contributed by atoms with Gasteiger partial charge in [0.05, 0.1) is 24.9 Å². The molecule has 1 heterocycles. The van der Waals surface area contributed by atoms with Crippen LogP contribution in [0.15, 0.2) is 46.5 Å². The van der Waals surface area contributed by atoms with Crippen molar-refractivity contribution >= 4 is 16.0 Å². The van der Waals surface area contributed by atoms with Gasteiger partial charge in [-0.15, -0.1) is 0 Å². The molecule has 1 aliphatic carbocycles. The number of aromatic nitrogens is 2. The highest BCUT2D eigenvalue weighted by Gasteiger charge is 2.38. The molecular formula is C18H26N6O3S. The molecule has 0 saturated heterocycles. The number of rotatable bonds is 8. The summed E-state index contributed by atoms with van der Waals surface area (Å²) in [6, 6.07) is 9.63. The number of likely N-dealkylation sites (N-methyl/N-ethyl adjacent to an activating group) is 1. The fourth-order valence-corrected chi connectivity index (χ4v) is 4.69. The van der Waals surface area contributed by atoms with Gasteiger partial charge in [0, 0.05) is 7.05 Å². The van der Waals surface area contributed by atoms with Gasteiger partial charge in [0.15, 0.2) is 11.0 Å². The molecule has 5 N–H and O–H groups in total. The third-order valence-corrected chi connectivity index (χ3v) is 6.66. The zero-order valence-corrected chi connectivity index (χ0v) is 16.6. The number of hydrogen-bond acceptors (Lipinski definition) is 5. The molecule has 1 saturated carbocycles. The van der Waals surface area contributed by atoms with E-state index in [-0.39, 0.29) is 29.7 Å². The van der Waals surface area contributed by atoms with Crippen LogP contribution in [0.1, 0.15) is 30.7 Å². The molecule has 28 heavy (non-hydrogen) atoms. The highest BCUT2D eigenvalue weighted by molar-refractivity contribution is 7.89. The van der Waals surface area contributed by atoms with Gasteiger partial charge in [0.25, 0.3) is 10.0 Å². The van der Waals surface area contributed by atoms with Crippen molar-refractivity contribution in [3.63, 3.8) is 0 Å². The molecule has 0 radical (unpaired) electrons. The first-order valence-corrected chi connectivity index (χ1v) is 10.5. The van der Waals surface area contributed by atoms with Crippen LogP contribution in [0.2, 0.25) is 0 Å². The van der Waals surface area contributed by atoms with Gasteiger partial charge in [-0.05, 0) is 24.8 Å². The number of aliphatic imine (C=N–C) groups is 1. The van der Waals surface area contributed by atoms with E-state index in [4.69, 9.17) is 16.2 Å². The first-order chi connectivity index (χ1) is 13.4. The summed E-state index contributed by atoms with van der Waals surface area (Å²) in [5.74, 6) is 0.297. The lowest BCUT2D eigenvalue weighted by atomic mass is 10.2. The van der Waals surface area contributed by atoms with E-state index in [0.29, 0.717) is 12.4 Å². The van der Waals surface area contributed by atoms with Crippen LogP contribution in [-0.4, -0.2) is 47.8 Å². The van der Waals surface area contributed by atoms with Crippen LogP contribution in [0.5, 0.6) is 0 Å². The largest absolute Gasteiger partial charge is 0.372 e. The zero-order chi connectivity index (χ0) is 20.1. The van der Waals surface area contributed by atoms with E-state index < -0.39 is 10.0 Å². The van der Waals surface area contributed by atoms with Gasteiger partial charge in [-0.2, -0.15) is 4.31 Å². The molecule has 0 spiro atoms. The van der Waals surface area contributed by atoms with Crippen LogP contribution >= 0.6 is 0 Å². The number of nitrogens with one attached hydrogen (secondary N) is 1. The molecule has 0 unspecified atom stereocenters. The van der Waals surface area contributed by atoms with Gasteiger partial charge in [-0.1, -0.05) is 30.3 Å². The van der Waals surface area contributed by atoms with Crippen molar-refractivity contribution in [3.05, 3.63) is 47.9 Å². The van der Waals surface area contributed by atoms with E-state index in [1.54, 1.807) is 7.05 Å². The maximum Gasteiger partial charge on any atom is 0.260 e. The van der Waals surface area contributed by atoms with Crippen LogP contribution in [0, 0.1) is 0 Å². The number of benzene rings is 1. The molecule has 9 nitrogen and oxygen atoms in total. The summed E-state index contributed by atoms with van der Waals surface area (Å²) in [4.78, 5) is 10.7. The highest BCUT2D eigenvalue weighted by atomic mass is 32.2. The van der Waals surface area contributed by atoms with Crippen LogP contribution < -0.4 is 11.5 Å². The van der Waals surface area contributed by atoms with E-state index in [1.807, 2.05) is 30.3 Å². The highest BCUT2D eigenvalue weighted by Crippen LogP contribution is 2.30. The van der Waals surface area contributed by atoms with Gasteiger partial charge < -0.3 is 21.2 Å². The average Bonchev–Trinajstić information content (AvgIpc) is 3.34. The van der Waals surface area contributed by atoms with Gasteiger partial charge >= 0.3 is 0 Å². The predicted molar refractivity (Wildman–Crippen MR) is 106 cm³/mol. The predicted octanol–water partition coefficient (Wildman–Crippen LogP) is 0.942. The molecule has 2 aromatic rings. The molecule has 1 aromatic carbocycles. The van der Waals surface area contributed by atoms with Crippen molar-refractivity contribution in [2.24, 2.45) is 16.5 Å². The first-order valence-electron chi connectivity index (χ1n) is 9.11. The fraction of sp³-hybridized carbons (Fsp3) is 0.444. The Hall–Kier alpha value is -2.43. The Labute approximate surface area is 164 Å².